The monoisotopic (exact) mass is 494 g/mol. The summed E-state index contributed by atoms with van der Waals surface area (Å²) in [6.07, 6.45) is 4.91. The van der Waals surface area contributed by atoms with Crippen molar-refractivity contribution in [3.05, 3.63) is 73.1 Å². The van der Waals surface area contributed by atoms with Crippen molar-refractivity contribution in [3.8, 4) is 39.7 Å². The van der Waals surface area contributed by atoms with Crippen LogP contribution >= 0.6 is 0 Å². The third-order valence-corrected chi connectivity index (χ3v) is 5.99. The molecule has 0 aliphatic heterocycles. The van der Waals surface area contributed by atoms with E-state index in [1.807, 2.05) is 55.4 Å². The van der Waals surface area contributed by atoms with Crippen LogP contribution in [0.15, 0.2) is 67.3 Å². The fraction of sp³-hybridized carbons (Fsp3) is 0.148. The Hall–Kier alpha value is -4.70. The van der Waals surface area contributed by atoms with E-state index in [9.17, 15) is 4.39 Å². The van der Waals surface area contributed by atoms with Gasteiger partial charge in [0.1, 0.15) is 30.0 Å². The summed E-state index contributed by atoms with van der Waals surface area (Å²) in [5, 5.41) is 7.50. The number of imidazole rings is 1. The van der Waals surface area contributed by atoms with Crippen LogP contribution in [0.25, 0.3) is 56.0 Å². The molecular formula is C27H23FN8O. The molecule has 2 N–H and O–H groups in total. The van der Waals surface area contributed by atoms with E-state index in [1.54, 1.807) is 12.4 Å². The van der Waals surface area contributed by atoms with Gasteiger partial charge in [0.2, 0.25) is 0 Å². The second-order valence-electron chi connectivity index (χ2n) is 8.91. The normalized spacial score (nSPS) is 11.6. The molecule has 4 heterocycles. The van der Waals surface area contributed by atoms with Crippen molar-refractivity contribution in [2.75, 3.05) is 27.2 Å². The van der Waals surface area contributed by atoms with Gasteiger partial charge in [0, 0.05) is 36.1 Å². The number of benzene rings is 2. The summed E-state index contributed by atoms with van der Waals surface area (Å²) < 4.78 is 20.3. The number of hydrogen-bond acceptors (Lipinski definition) is 7. The number of nitrogens with one attached hydrogen (secondary N) is 2. The number of rotatable bonds is 7. The molecule has 0 aliphatic rings. The lowest BCUT2D eigenvalue weighted by atomic mass is 10.0. The predicted octanol–water partition coefficient (Wildman–Crippen LogP) is 4.70. The molecule has 0 bridgehead atoms. The lowest BCUT2D eigenvalue weighted by Gasteiger charge is -2.12. The van der Waals surface area contributed by atoms with Crippen LogP contribution in [0, 0.1) is 5.82 Å². The van der Waals surface area contributed by atoms with Gasteiger partial charge in [-0.15, -0.1) is 0 Å². The first-order valence-electron chi connectivity index (χ1n) is 11.7. The Morgan fingerprint density at radius 2 is 1.78 bits per heavy atom. The van der Waals surface area contributed by atoms with Crippen molar-refractivity contribution in [2.45, 2.75) is 0 Å². The van der Waals surface area contributed by atoms with Crippen molar-refractivity contribution < 1.29 is 9.13 Å². The Morgan fingerprint density at radius 1 is 0.919 bits per heavy atom. The molecule has 37 heavy (non-hydrogen) atoms. The van der Waals surface area contributed by atoms with Crippen LogP contribution in [0.5, 0.6) is 5.75 Å². The molecule has 4 aromatic heterocycles. The van der Waals surface area contributed by atoms with E-state index in [-0.39, 0.29) is 5.82 Å². The van der Waals surface area contributed by atoms with Gasteiger partial charge < -0.3 is 14.6 Å². The summed E-state index contributed by atoms with van der Waals surface area (Å²) >= 11 is 0. The van der Waals surface area contributed by atoms with E-state index >= 15 is 0 Å². The fourth-order valence-electron chi connectivity index (χ4n) is 4.18. The van der Waals surface area contributed by atoms with Gasteiger partial charge in [0.05, 0.1) is 22.2 Å². The van der Waals surface area contributed by atoms with Crippen LogP contribution in [0.4, 0.5) is 4.39 Å². The summed E-state index contributed by atoms with van der Waals surface area (Å²) in [5.74, 6) is 0.663. The third-order valence-electron chi connectivity index (χ3n) is 5.99. The maximum Gasteiger partial charge on any atom is 0.161 e. The predicted molar refractivity (Wildman–Crippen MR) is 139 cm³/mol. The number of halogens is 1. The van der Waals surface area contributed by atoms with Crippen LogP contribution in [0.1, 0.15) is 0 Å². The molecule has 0 atom stereocenters. The Bertz CT molecular complexity index is 1710. The van der Waals surface area contributed by atoms with Crippen molar-refractivity contribution >= 4 is 22.1 Å². The number of hydrogen-bond donors (Lipinski definition) is 2. The first-order chi connectivity index (χ1) is 18.0. The average Bonchev–Trinajstić information content (AvgIpc) is 3.52. The topological polar surface area (TPSA) is 108 Å². The number of aromatic amines is 2. The summed E-state index contributed by atoms with van der Waals surface area (Å²) in [7, 11) is 3.93. The van der Waals surface area contributed by atoms with Gasteiger partial charge in [-0.25, -0.2) is 24.3 Å². The Kier molecular flexibility index (Phi) is 5.78. The first-order valence-corrected chi connectivity index (χ1v) is 11.7. The quantitative estimate of drug-likeness (QED) is 0.331. The van der Waals surface area contributed by atoms with Gasteiger partial charge in [-0.2, -0.15) is 5.10 Å². The number of H-pyrrole nitrogens is 2. The van der Waals surface area contributed by atoms with Crippen molar-refractivity contribution in [3.63, 3.8) is 0 Å². The van der Waals surface area contributed by atoms with Gasteiger partial charge in [0.25, 0.3) is 0 Å². The van der Waals surface area contributed by atoms with E-state index < -0.39 is 0 Å². The smallest absolute Gasteiger partial charge is 0.161 e. The molecule has 0 unspecified atom stereocenters. The summed E-state index contributed by atoms with van der Waals surface area (Å²) in [6.45, 7) is 1.19. The summed E-state index contributed by atoms with van der Waals surface area (Å²) in [4.78, 5) is 23.2. The number of pyridine rings is 1. The van der Waals surface area contributed by atoms with Crippen molar-refractivity contribution in [1.82, 2.24) is 40.0 Å². The molecule has 0 saturated carbocycles. The van der Waals surface area contributed by atoms with Gasteiger partial charge in [-0.3, -0.25) is 5.10 Å². The number of aromatic nitrogens is 7. The van der Waals surface area contributed by atoms with Gasteiger partial charge in [0.15, 0.2) is 11.5 Å². The van der Waals surface area contributed by atoms with Gasteiger partial charge in [-0.1, -0.05) is 12.1 Å². The zero-order valence-corrected chi connectivity index (χ0v) is 20.2. The summed E-state index contributed by atoms with van der Waals surface area (Å²) in [5.41, 5.74) is 6.54. The van der Waals surface area contributed by atoms with E-state index in [2.05, 4.69) is 25.1 Å². The van der Waals surface area contributed by atoms with Crippen LogP contribution in [0.3, 0.4) is 0 Å². The molecule has 184 valence electrons. The highest BCUT2D eigenvalue weighted by molar-refractivity contribution is 5.96. The third kappa shape index (κ3) is 4.50. The maximum absolute atomic E-state index is 14.5. The van der Waals surface area contributed by atoms with Gasteiger partial charge >= 0.3 is 0 Å². The Labute approximate surface area is 211 Å². The number of para-hydroxylation sites is 1. The van der Waals surface area contributed by atoms with Gasteiger partial charge in [-0.05, 0) is 50.0 Å². The zero-order chi connectivity index (χ0) is 25.4. The highest BCUT2D eigenvalue weighted by atomic mass is 19.1. The number of ether oxygens (including phenoxy) is 1. The maximum atomic E-state index is 14.5. The Balaban J connectivity index is 1.41. The number of fused-ring (bicyclic) bond motifs is 2. The number of nitrogens with zero attached hydrogens (tertiary/aromatic N) is 6. The molecule has 9 nitrogen and oxygen atoms in total. The highest BCUT2D eigenvalue weighted by Gasteiger charge is 2.17. The molecule has 0 aliphatic carbocycles. The van der Waals surface area contributed by atoms with Crippen LogP contribution in [0.2, 0.25) is 0 Å². The summed E-state index contributed by atoms with van der Waals surface area (Å²) in [6, 6.07) is 14.3. The molecule has 6 aromatic rings. The van der Waals surface area contributed by atoms with Crippen molar-refractivity contribution in [2.24, 2.45) is 0 Å². The lowest BCUT2D eigenvalue weighted by molar-refractivity contribution is 0.260. The van der Waals surface area contributed by atoms with Crippen LogP contribution < -0.4 is 4.74 Å². The molecule has 10 heteroatoms. The minimum absolute atomic E-state index is 0.370. The second-order valence-corrected chi connectivity index (χ2v) is 8.91. The molecule has 0 amide bonds. The number of likely N-dealkylation sites (N-methyl/N-ethyl adjacent to an activating group) is 1. The van der Waals surface area contributed by atoms with E-state index in [0.29, 0.717) is 40.5 Å². The van der Waals surface area contributed by atoms with Crippen LogP contribution in [-0.2, 0) is 0 Å². The minimum atomic E-state index is -0.370. The van der Waals surface area contributed by atoms with Crippen LogP contribution in [-0.4, -0.2) is 67.3 Å². The largest absolute Gasteiger partial charge is 0.492 e. The standard InChI is InChI=1S/C27H23FN8O/c1-36(2)8-9-37-19-11-16(10-18(28)12-19)20-4-3-5-22-24(20)33-27(32-22)26-25-23(34-35-26)7-6-21(31-25)17-13-29-15-30-14-17/h3-7,10-15H,8-9H2,1-2H3,(H,32,33)(H,34,35). The molecule has 0 fully saturated rings. The molecule has 2 aromatic carbocycles. The zero-order valence-electron chi connectivity index (χ0n) is 20.2. The molecule has 0 spiro atoms. The van der Waals surface area contributed by atoms with E-state index in [4.69, 9.17) is 14.7 Å². The second kappa shape index (κ2) is 9.40. The molecule has 0 radical (unpaired) electrons. The van der Waals surface area contributed by atoms with E-state index in [0.717, 1.165) is 34.4 Å². The fourth-order valence-corrected chi connectivity index (χ4v) is 4.18. The SMILES string of the molecule is CN(C)CCOc1cc(F)cc(-c2cccc3[nH]c(-c4n[nH]c5ccc(-c6cncnc6)nc45)nc23)c1. The molecular weight excluding hydrogens is 471 g/mol. The molecule has 0 saturated heterocycles. The Morgan fingerprint density at radius 3 is 2.62 bits per heavy atom. The lowest BCUT2D eigenvalue weighted by Crippen LogP contribution is -2.19. The van der Waals surface area contributed by atoms with Crippen molar-refractivity contribution in [1.29, 1.82) is 0 Å². The highest BCUT2D eigenvalue weighted by Crippen LogP contribution is 2.33. The minimum Gasteiger partial charge on any atom is -0.492 e. The van der Waals surface area contributed by atoms with E-state index in [1.165, 1.54) is 18.5 Å². The average molecular weight is 495 g/mol. The first kappa shape index (κ1) is 22.7. The molecule has 6 rings (SSSR count).